The first kappa shape index (κ1) is 4.57. The third-order valence-corrected chi connectivity index (χ3v) is 2.11. The average Bonchev–Trinajstić information content (AvgIpc) is 2.50. The van der Waals surface area contributed by atoms with Gasteiger partial charge >= 0.3 is 0 Å². The molecule has 0 aromatic carbocycles. The van der Waals surface area contributed by atoms with Crippen LogP contribution in [-0.4, -0.2) is 13.6 Å². The van der Waals surface area contributed by atoms with E-state index >= 15 is 0 Å². The molecule has 2 aliphatic carbocycles. The topological polar surface area (TPSA) is 12.0 Å². The Morgan fingerprint density at radius 1 is 1.75 bits per heavy atom. The first-order chi connectivity index (χ1) is 3.93. The molecule has 2 unspecified atom stereocenters. The third kappa shape index (κ3) is 0.511. The molecule has 0 aromatic heterocycles. The monoisotopic (exact) mass is 109 g/mol. The van der Waals surface area contributed by atoms with Gasteiger partial charge in [0, 0.05) is 5.92 Å². The molecule has 8 heavy (non-hydrogen) atoms. The Kier molecular flexibility index (Phi) is 0.770. The number of rotatable bonds is 3. The van der Waals surface area contributed by atoms with Gasteiger partial charge in [0.05, 0.1) is 0 Å². The van der Waals surface area contributed by atoms with Crippen LogP contribution in [0.15, 0.2) is 11.6 Å². The molecule has 1 saturated carbocycles. The Bertz CT molecular complexity index is 137. The molecule has 0 aromatic rings. The SMILES string of the molecule is CNCCC1C2=CC21. The van der Waals surface area contributed by atoms with E-state index in [1.807, 2.05) is 7.05 Å². The lowest BCUT2D eigenvalue weighted by atomic mass is 10.2. The van der Waals surface area contributed by atoms with E-state index in [-0.39, 0.29) is 0 Å². The van der Waals surface area contributed by atoms with E-state index in [2.05, 4.69) is 11.4 Å². The van der Waals surface area contributed by atoms with Gasteiger partial charge in [-0.25, -0.2) is 0 Å². The molecule has 0 bridgehead atoms. The Morgan fingerprint density at radius 2 is 2.50 bits per heavy atom. The minimum absolute atomic E-state index is 0.989. The van der Waals surface area contributed by atoms with Crippen molar-refractivity contribution in [1.82, 2.24) is 5.32 Å². The van der Waals surface area contributed by atoms with Crippen LogP contribution >= 0.6 is 0 Å². The van der Waals surface area contributed by atoms with Gasteiger partial charge in [0.15, 0.2) is 0 Å². The van der Waals surface area contributed by atoms with Gasteiger partial charge in [0.1, 0.15) is 0 Å². The highest BCUT2D eigenvalue weighted by Crippen LogP contribution is 2.61. The van der Waals surface area contributed by atoms with Crippen molar-refractivity contribution in [2.75, 3.05) is 13.6 Å². The van der Waals surface area contributed by atoms with Gasteiger partial charge in [-0.3, -0.25) is 0 Å². The molecule has 1 heteroatoms. The predicted molar refractivity (Wildman–Crippen MR) is 33.6 cm³/mol. The maximum Gasteiger partial charge on any atom is 0.00493 e. The smallest absolute Gasteiger partial charge is 0.00493 e. The van der Waals surface area contributed by atoms with Crippen LogP contribution in [0, 0.1) is 11.8 Å². The van der Waals surface area contributed by atoms with Crippen molar-refractivity contribution in [3.05, 3.63) is 11.6 Å². The van der Waals surface area contributed by atoms with Gasteiger partial charge in [0.2, 0.25) is 0 Å². The number of allylic oxidation sites excluding steroid dienone is 2. The molecule has 1 fully saturated rings. The average molecular weight is 109 g/mol. The number of hydrogen-bond acceptors (Lipinski definition) is 1. The summed E-state index contributed by atoms with van der Waals surface area (Å²) in [6.07, 6.45) is 3.73. The molecule has 0 spiro atoms. The Hall–Kier alpha value is -0.300. The molecular weight excluding hydrogens is 98.1 g/mol. The third-order valence-electron chi connectivity index (χ3n) is 2.11. The standard InChI is InChI=1S/C7H11N/c1-8-3-2-5-6-4-7(5)6/h4-6,8H,2-3H2,1H3. The molecule has 0 radical (unpaired) electrons. The van der Waals surface area contributed by atoms with E-state index in [0.717, 1.165) is 11.8 Å². The second-order valence-corrected chi connectivity index (χ2v) is 2.69. The quantitative estimate of drug-likeness (QED) is 0.528. The Morgan fingerprint density at radius 3 is 2.88 bits per heavy atom. The fourth-order valence-corrected chi connectivity index (χ4v) is 1.29. The molecule has 1 nitrogen and oxygen atoms in total. The van der Waals surface area contributed by atoms with Crippen molar-refractivity contribution in [3.63, 3.8) is 0 Å². The summed E-state index contributed by atoms with van der Waals surface area (Å²) in [5, 5.41) is 3.15. The van der Waals surface area contributed by atoms with Gasteiger partial charge in [-0.2, -0.15) is 0 Å². The zero-order valence-corrected chi connectivity index (χ0v) is 5.15. The maximum absolute atomic E-state index is 3.15. The highest BCUT2D eigenvalue weighted by atomic mass is 14.8. The van der Waals surface area contributed by atoms with Crippen LogP contribution in [0.25, 0.3) is 0 Å². The van der Waals surface area contributed by atoms with E-state index in [4.69, 9.17) is 0 Å². The van der Waals surface area contributed by atoms with Gasteiger partial charge in [-0.15, -0.1) is 0 Å². The lowest BCUT2D eigenvalue weighted by Crippen LogP contribution is -2.08. The zero-order valence-electron chi connectivity index (χ0n) is 5.15. The van der Waals surface area contributed by atoms with Crippen LogP contribution in [0.5, 0.6) is 0 Å². The summed E-state index contributed by atoms with van der Waals surface area (Å²) in [5.74, 6) is 2.01. The van der Waals surface area contributed by atoms with E-state index in [1.54, 1.807) is 5.57 Å². The zero-order chi connectivity index (χ0) is 5.56. The molecule has 2 rings (SSSR count). The van der Waals surface area contributed by atoms with Gasteiger partial charge in [0.25, 0.3) is 0 Å². The van der Waals surface area contributed by atoms with E-state index in [0.29, 0.717) is 0 Å². The van der Waals surface area contributed by atoms with Crippen LogP contribution in [0.3, 0.4) is 0 Å². The van der Waals surface area contributed by atoms with E-state index < -0.39 is 0 Å². The summed E-state index contributed by atoms with van der Waals surface area (Å²) in [4.78, 5) is 0. The molecule has 1 N–H and O–H groups in total. The van der Waals surface area contributed by atoms with Gasteiger partial charge in [-0.1, -0.05) is 11.6 Å². The van der Waals surface area contributed by atoms with Crippen molar-refractivity contribution in [2.45, 2.75) is 6.42 Å². The Balaban J connectivity index is 1.65. The number of fused-ring (bicyclic) bond motifs is 1. The lowest BCUT2D eigenvalue weighted by Gasteiger charge is -1.96. The predicted octanol–water partition coefficient (Wildman–Crippen LogP) is 0.782. The van der Waals surface area contributed by atoms with E-state index in [9.17, 15) is 0 Å². The molecular formula is C7H11N. The highest BCUT2D eigenvalue weighted by Gasteiger charge is 2.52. The Labute approximate surface area is 49.8 Å². The van der Waals surface area contributed by atoms with Crippen molar-refractivity contribution < 1.29 is 0 Å². The fraction of sp³-hybridized carbons (Fsp3) is 0.714. The minimum Gasteiger partial charge on any atom is -0.320 e. The molecule has 0 saturated heterocycles. The maximum atomic E-state index is 3.15. The minimum atomic E-state index is 0.989. The van der Waals surface area contributed by atoms with Crippen LogP contribution in [0.1, 0.15) is 6.42 Å². The van der Waals surface area contributed by atoms with E-state index in [1.165, 1.54) is 13.0 Å². The normalized spacial score (nSPS) is 38.4. The summed E-state index contributed by atoms with van der Waals surface area (Å²) in [6.45, 7) is 1.19. The summed E-state index contributed by atoms with van der Waals surface area (Å²) in [5.41, 5.74) is 1.74. The molecule has 0 heterocycles. The molecule has 44 valence electrons. The second-order valence-electron chi connectivity index (χ2n) is 2.69. The largest absolute Gasteiger partial charge is 0.320 e. The van der Waals surface area contributed by atoms with Crippen LogP contribution in [-0.2, 0) is 0 Å². The first-order valence-electron chi connectivity index (χ1n) is 3.29. The number of hydrogen-bond donors (Lipinski definition) is 1. The lowest BCUT2D eigenvalue weighted by molar-refractivity contribution is 0.643. The second kappa shape index (κ2) is 1.35. The van der Waals surface area contributed by atoms with Crippen LogP contribution in [0.2, 0.25) is 0 Å². The van der Waals surface area contributed by atoms with Crippen molar-refractivity contribution in [1.29, 1.82) is 0 Å². The van der Waals surface area contributed by atoms with Crippen LogP contribution < -0.4 is 5.32 Å². The van der Waals surface area contributed by atoms with Gasteiger partial charge < -0.3 is 5.32 Å². The van der Waals surface area contributed by atoms with Crippen molar-refractivity contribution in [2.24, 2.45) is 11.8 Å². The van der Waals surface area contributed by atoms with Crippen molar-refractivity contribution in [3.8, 4) is 0 Å². The number of nitrogens with one attached hydrogen (secondary N) is 1. The van der Waals surface area contributed by atoms with Crippen molar-refractivity contribution >= 4 is 0 Å². The highest BCUT2D eigenvalue weighted by molar-refractivity contribution is 5.50. The summed E-state index contributed by atoms with van der Waals surface area (Å²) in [6, 6.07) is 0. The molecule has 2 aliphatic rings. The fourth-order valence-electron chi connectivity index (χ4n) is 1.29. The molecule has 0 aliphatic heterocycles. The summed E-state index contributed by atoms with van der Waals surface area (Å²) >= 11 is 0. The molecule has 0 amide bonds. The van der Waals surface area contributed by atoms with Gasteiger partial charge in [-0.05, 0) is 25.9 Å². The summed E-state index contributed by atoms with van der Waals surface area (Å²) < 4.78 is 0. The summed E-state index contributed by atoms with van der Waals surface area (Å²) in [7, 11) is 2.02. The first-order valence-corrected chi connectivity index (χ1v) is 3.29. The van der Waals surface area contributed by atoms with Crippen LogP contribution in [0.4, 0.5) is 0 Å². The molecule has 2 atom stereocenters.